The molecule has 2 aliphatic rings. The van der Waals surface area contributed by atoms with Crippen LogP contribution >= 0.6 is 0 Å². The van der Waals surface area contributed by atoms with Gasteiger partial charge in [-0.05, 0) is 49.9 Å². The van der Waals surface area contributed by atoms with Gasteiger partial charge in [0.25, 0.3) is 0 Å². The maximum Gasteiger partial charge on any atom is 0.0459 e. The van der Waals surface area contributed by atoms with Gasteiger partial charge in [-0.15, -0.1) is 0 Å². The van der Waals surface area contributed by atoms with E-state index < -0.39 is 0 Å². The number of allylic oxidation sites excluding steroid dienone is 1. The van der Waals surface area contributed by atoms with Gasteiger partial charge in [0.05, 0.1) is 0 Å². The van der Waals surface area contributed by atoms with Gasteiger partial charge in [-0.25, -0.2) is 0 Å². The van der Waals surface area contributed by atoms with Gasteiger partial charge in [-0.2, -0.15) is 0 Å². The molecule has 0 saturated heterocycles. The summed E-state index contributed by atoms with van der Waals surface area (Å²) in [6.45, 7) is 8.96. The quantitative estimate of drug-likeness (QED) is 0.594. The molecule has 1 heteroatoms. The highest BCUT2D eigenvalue weighted by molar-refractivity contribution is 4.98. The van der Waals surface area contributed by atoms with Gasteiger partial charge in [0.1, 0.15) is 0 Å². The van der Waals surface area contributed by atoms with Crippen molar-refractivity contribution >= 4 is 0 Å². The lowest BCUT2D eigenvalue weighted by molar-refractivity contribution is 0.166. The van der Waals surface area contributed by atoms with E-state index in [0.29, 0.717) is 12.5 Å². The molecule has 0 unspecified atom stereocenters. The Labute approximate surface area is 122 Å². The summed E-state index contributed by atoms with van der Waals surface area (Å²) in [5.41, 5.74) is 1.46. The van der Waals surface area contributed by atoms with Crippen molar-refractivity contribution < 1.29 is 5.11 Å². The Balaban J connectivity index is 0. The highest BCUT2D eigenvalue weighted by Crippen LogP contribution is 2.27. The molecule has 0 bridgehead atoms. The second kappa shape index (κ2) is 11.5. The van der Waals surface area contributed by atoms with E-state index in [9.17, 15) is 0 Å². The van der Waals surface area contributed by atoms with Gasteiger partial charge in [0.15, 0.2) is 0 Å². The third-order valence-corrected chi connectivity index (χ3v) is 4.17. The zero-order chi connectivity index (χ0) is 12.7. The lowest BCUT2D eigenvalue weighted by Crippen LogP contribution is -2.15. The van der Waals surface area contributed by atoms with Crippen molar-refractivity contribution in [2.24, 2.45) is 17.8 Å². The lowest BCUT2D eigenvalue weighted by Gasteiger charge is -2.24. The molecule has 0 radical (unpaired) electrons. The Bertz CT molecular complexity index is 222. The normalized spacial score (nSPS) is 30.3. The minimum Gasteiger partial charge on any atom is -0.396 e. The number of aliphatic hydroxyl groups excluding tert-OH is 1. The number of rotatable bonds is 1. The molecule has 0 aliphatic heterocycles. The van der Waals surface area contributed by atoms with Crippen molar-refractivity contribution in [3.8, 4) is 0 Å². The van der Waals surface area contributed by atoms with Crippen LogP contribution in [0.5, 0.6) is 0 Å². The molecule has 0 aromatic rings. The molecule has 2 aliphatic carbocycles. The Morgan fingerprint density at radius 3 is 2.05 bits per heavy atom. The molecule has 1 N–H and O–H groups in total. The van der Waals surface area contributed by atoms with E-state index in [1.807, 2.05) is 0 Å². The van der Waals surface area contributed by atoms with E-state index in [1.165, 1.54) is 56.9 Å². The summed E-state index contributed by atoms with van der Waals surface area (Å²) in [6, 6.07) is 0. The zero-order valence-corrected chi connectivity index (χ0v) is 11.8. The van der Waals surface area contributed by atoms with E-state index in [4.69, 9.17) is 5.11 Å². The minimum absolute atomic E-state index is 0. The summed E-state index contributed by atoms with van der Waals surface area (Å²) >= 11 is 0. The molecular weight excluding hydrogens is 232 g/mol. The average molecular weight is 271 g/mol. The van der Waals surface area contributed by atoms with Gasteiger partial charge in [-0.1, -0.05) is 60.1 Å². The summed E-state index contributed by atoms with van der Waals surface area (Å²) in [5, 5.41) is 8.81. The van der Waals surface area contributed by atoms with Crippen LogP contribution in [0.4, 0.5) is 0 Å². The minimum atomic E-state index is 0. The van der Waals surface area contributed by atoms with Crippen LogP contribution in [-0.2, 0) is 0 Å². The summed E-state index contributed by atoms with van der Waals surface area (Å²) in [5.74, 6) is 2.39. The molecule has 2 rings (SSSR count). The van der Waals surface area contributed by atoms with Gasteiger partial charge in [0.2, 0.25) is 0 Å². The highest BCUT2D eigenvalue weighted by Gasteiger charge is 2.17. The van der Waals surface area contributed by atoms with Crippen molar-refractivity contribution in [2.75, 3.05) is 6.61 Å². The van der Waals surface area contributed by atoms with Gasteiger partial charge >= 0.3 is 0 Å². The third-order valence-electron chi connectivity index (χ3n) is 4.17. The molecule has 1 nitrogen and oxygen atoms in total. The first-order valence-corrected chi connectivity index (χ1v) is 7.39. The van der Waals surface area contributed by atoms with Crippen molar-refractivity contribution in [3.05, 3.63) is 12.2 Å². The van der Waals surface area contributed by atoms with Crippen molar-refractivity contribution in [3.63, 3.8) is 0 Å². The lowest BCUT2D eigenvalue weighted by atomic mass is 9.83. The van der Waals surface area contributed by atoms with Crippen LogP contribution in [0.3, 0.4) is 0 Å². The molecule has 0 heterocycles. The smallest absolute Gasteiger partial charge is 0.0459 e. The van der Waals surface area contributed by atoms with Crippen LogP contribution in [-0.4, -0.2) is 11.7 Å². The molecule has 0 aromatic carbocycles. The fourth-order valence-corrected chi connectivity index (χ4v) is 3.12. The highest BCUT2D eigenvalue weighted by atomic mass is 16.3. The Morgan fingerprint density at radius 2 is 1.68 bits per heavy atom. The van der Waals surface area contributed by atoms with E-state index in [0.717, 1.165) is 11.8 Å². The first-order valence-electron chi connectivity index (χ1n) is 7.39. The predicted octanol–water partition coefficient (Wildman–Crippen LogP) is 5.83. The van der Waals surface area contributed by atoms with E-state index >= 15 is 0 Å². The zero-order valence-electron chi connectivity index (χ0n) is 11.8. The Morgan fingerprint density at radius 1 is 1.05 bits per heavy atom. The molecule has 0 amide bonds. The largest absolute Gasteiger partial charge is 0.396 e. The Hall–Kier alpha value is -0.300. The maximum atomic E-state index is 8.81. The first-order chi connectivity index (χ1) is 8.11. The van der Waals surface area contributed by atoms with E-state index in [2.05, 4.69) is 20.4 Å². The van der Waals surface area contributed by atoms with Crippen LogP contribution in [0.2, 0.25) is 0 Å². The Kier molecular flexibility index (Phi) is 12.7. The van der Waals surface area contributed by atoms with Gasteiger partial charge < -0.3 is 5.11 Å². The topological polar surface area (TPSA) is 20.2 Å². The van der Waals surface area contributed by atoms with Gasteiger partial charge in [-0.3, -0.25) is 0 Å². The molecule has 19 heavy (non-hydrogen) atoms. The molecular formula is C18H38O. The maximum absolute atomic E-state index is 8.81. The second-order valence-electron chi connectivity index (χ2n) is 6.27. The molecule has 2 saturated carbocycles. The van der Waals surface area contributed by atoms with Crippen LogP contribution < -0.4 is 0 Å². The molecule has 0 spiro atoms. The van der Waals surface area contributed by atoms with Crippen LogP contribution in [0.1, 0.15) is 80.1 Å². The summed E-state index contributed by atoms with van der Waals surface area (Å²) < 4.78 is 0. The number of hydrogen-bond donors (Lipinski definition) is 1. The van der Waals surface area contributed by atoms with Gasteiger partial charge in [0, 0.05) is 6.61 Å². The summed E-state index contributed by atoms with van der Waals surface area (Å²) in [7, 11) is 0. The molecule has 0 aromatic heterocycles. The van der Waals surface area contributed by atoms with Crippen LogP contribution in [0.15, 0.2) is 12.2 Å². The fraction of sp³-hybridized carbons (Fsp3) is 0.889. The van der Waals surface area contributed by atoms with Crippen molar-refractivity contribution in [1.82, 2.24) is 0 Å². The van der Waals surface area contributed by atoms with Crippen LogP contribution in [0.25, 0.3) is 0 Å². The molecule has 116 valence electrons. The van der Waals surface area contributed by atoms with E-state index in [-0.39, 0.29) is 14.9 Å². The average Bonchev–Trinajstić information content (AvgIpc) is 2.29. The first kappa shape index (κ1) is 21.0. The number of hydrogen-bond acceptors (Lipinski definition) is 1. The van der Waals surface area contributed by atoms with E-state index in [1.54, 1.807) is 0 Å². The summed E-state index contributed by atoms with van der Waals surface area (Å²) in [4.78, 5) is 0. The fourth-order valence-electron chi connectivity index (χ4n) is 3.12. The second-order valence-corrected chi connectivity index (χ2v) is 6.27. The standard InChI is InChI=1S/C8H16O.C8H14.2CH4/c1-7-3-2-4-8(5-7)6-9;1-7-4-3-5-8(2)6-7;;/h7-9H,2-6H2,1H3;8H,1,3-6H2,2H3;2*1H4/t7-,8+;8-;;/m11../s1. The summed E-state index contributed by atoms with van der Waals surface area (Å²) in [6.07, 6.45) is 10.5. The predicted molar refractivity (Wildman–Crippen MR) is 88.4 cm³/mol. The number of aliphatic hydroxyl groups is 1. The van der Waals surface area contributed by atoms with Crippen molar-refractivity contribution in [2.45, 2.75) is 80.1 Å². The van der Waals surface area contributed by atoms with Crippen molar-refractivity contribution in [1.29, 1.82) is 0 Å². The molecule has 3 atom stereocenters. The third kappa shape index (κ3) is 9.27. The SMILES string of the molecule is C.C.C=C1CCC[C@@H](C)C1.C[C@@H]1CCC[C@H](CO)C1. The monoisotopic (exact) mass is 270 g/mol. The van der Waals surface area contributed by atoms with Crippen LogP contribution in [0, 0.1) is 17.8 Å². The molecule has 2 fully saturated rings.